The van der Waals surface area contributed by atoms with E-state index in [4.69, 9.17) is 36.4 Å². The van der Waals surface area contributed by atoms with E-state index < -0.39 is 63.0 Å². The van der Waals surface area contributed by atoms with Gasteiger partial charge in [-0.3, -0.25) is 9.13 Å². The van der Waals surface area contributed by atoms with Gasteiger partial charge >= 0.3 is 156 Å². The van der Waals surface area contributed by atoms with Crippen LogP contribution in [-0.4, -0.2) is 41.9 Å². The molecule has 2 atom stereocenters. The van der Waals surface area contributed by atoms with Crippen molar-refractivity contribution in [2.75, 3.05) is 36.3 Å². The van der Waals surface area contributed by atoms with Crippen LogP contribution in [0.15, 0.2) is 146 Å². The van der Waals surface area contributed by atoms with E-state index in [9.17, 15) is 9.13 Å². The van der Waals surface area contributed by atoms with E-state index in [1.807, 2.05) is 91.3 Å². The molecule has 0 bridgehead atoms. The van der Waals surface area contributed by atoms with Gasteiger partial charge in [-0.25, -0.2) is 0 Å². The predicted octanol–water partition coefficient (Wildman–Crippen LogP) is 12.8. The molecular weight excluding hydrogens is 1020 g/mol. The van der Waals surface area contributed by atoms with Crippen LogP contribution in [0.1, 0.15) is 31.9 Å². The Morgan fingerprint density at radius 3 is 1.35 bits per heavy atom. The quantitative estimate of drug-likeness (QED) is 0.0813. The summed E-state index contributed by atoms with van der Waals surface area (Å²) in [7, 11) is -13.4. The van der Waals surface area contributed by atoms with Crippen LogP contribution in [0.25, 0.3) is 22.3 Å². The van der Waals surface area contributed by atoms with Crippen LogP contribution in [0.5, 0.6) is 23.0 Å². The molecule has 2 saturated heterocycles. The number of alkyl halides is 2. The number of fused-ring (bicyclic) bond motifs is 6. The second kappa shape index (κ2) is 16.4. The van der Waals surface area contributed by atoms with E-state index in [1.165, 1.54) is 0 Å². The summed E-state index contributed by atoms with van der Waals surface area (Å²) < 4.78 is 111. The summed E-state index contributed by atoms with van der Waals surface area (Å²) in [5, 5.41) is -2.42. The molecule has 2 unspecified atom stereocenters. The van der Waals surface area contributed by atoms with Crippen molar-refractivity contribution in [3.8, 4) is 45.3 Å². The minimum absolute atomic E-state index is 0.0749. The molecule has 338 valence electrons. The Labute approximate surface area is 385 Å². The van der Waals surface area contributed by atoms with Gasteiger partial charge in [0, 0.05) is 11.1 Å². The third kappa shape index (κ3) is 7.51. The van der Waals surface area contributed by atoms with Crippen LogP contribution < -0.4 is 28.9 Å². The molecule has 1 spiro atoms. The maximum atomic E-state index is 17.4. The molecule has 17 heteroatoms. The van der Waals surface area contributed by atoms with E-state index in [2.05, 4.69) is 0 Å². The number of hydrogen-bond donors (Lipinski definition) is 0. The van der Waals surface area contributed by atoms with Crippen LogP contribution in [0.4, 0.5) is 0 Å². The van der Waals surface area contributed by atoms with Gasteiger partial charge in [0.25, 0.3) is 0 Å². The Hall–Kier alpha value is -3.99. The number of rotatable bonds is 8. The van der Waals surface area contributed by atoms with Gasteiger partial charge in [-0.1, -0.05) is 84.9 Å². The molecule has 4 aliphatic heterocycles. The average Bonchev–Trinajstić information content (AvgIpc) is 3.29. The molecule has 10 rings (SSSR count). The number of ether oxygens (including phenoxy) is 1. The van der Waals surface area contributed by atoms with E-state index in [0.717, 1.165) is 11.1 Å². The van der Waals surface area contributed by atoms with Crippen LogP contribution in [0, 0.1) is 5.41 Å². The van der Waals surface area contributed by atoms with E-state index in [-0.39, 0.29) is 32.2 Å². The molecule has 2 fully saturated rings. The van der Waals surface area contributed by atoms with E-state index in [1.54, 1.807) is 84.9 Å². The summed E-state index contributed by atoms with van der Waals surface area (Å²) in [6, 6.07) is 43.0. The van der Waals surface area contributed by atoms with Gasteiger partial charge in [0.2, 0.25) is 4.90 Å². The number of halogens is 1. The summed E-state index contributed by atoms with van der Waals surface area (Å²) in [4.78, 5) is 1.73. The minimum atomic E-state index is -4.59. The fourth-order valence-electron chi connectivity index (χ4n) is 8.75. The Morgan fingerprint density at radius 2 is 0.908 bits per heavy atom. The van der Waals surface area contributed by atoms with Crippen molar-refractivity contribution in [1.82, 2.24) is 0 Å². The van der Waals surface area contributed by atoms with Crippen LogP contribution in [-0.2, 0) is 41.3 Å². The molecule has 0 saturated carbocycles. The van der Waals surface area contributed by atoms with Crippen molar-refractivity contribution in [3.05, 3.63) is 157 Å². The fourth-order valence-corrected chi connectivity index (χ4v) is 23.5. The topological polar surface area (TPSA) is 142 Å². The summed E-state index contributed by atoms with van der Waals surface area (Å²) in [6.07, 6.45) is 0. The summed E-state index contributed by atoms with van der Waals surface area (Å²) in [5.41, 5.74) is 2.13. The molecule has 0 N–H and O–H groups in total. The number of phosphoric ester groups is 1. The standard InChI is InChI=1S/C48H47IO12P4/c1-46(2,3)58-36-26-22-34(23-27-36)48(62(50)44-20-12-8-16-40(44)38-14-6-10-18-42(38)60-62,63(51)45-21-13-9-17-41(45)39-15-7-11-19-43(39)61-63)35-24-28-37(29-25-35)59-65(53)56-32-47(33-57-65)30-54-64(52,49(4)5)55-31-47/h6-29H,30-33H2,1-5H3. The van der Waals surface area contributed by atoms with Crippen molar-refractivity contribution in [1.29, 1.82) is 0 Å². The number of para-hydroxylation sites is 2. The Morgan fingerprint density at radius 1 is 0.508 bits per heavy atom. The zero-order valence-electron chi connectivity index (χ0n) is 36.3. The molecule has 0 radical (unpaired) electrons. The second-order valence-electron chi connectivity index (χ2n) is 17.5. The number of phosphoric acid groups is 1. The molecule has 0 aliphatic carbocycles. The zero-order valence-corrected chi connectivity index (χ0v) is 42.0. The van der Waals surface area contributed by atoms with Gasteiger partial charge < -0.3 is 13.8 Å². The van der Waals surface area contributed by atoms with Crippen LogP contribution >= 0.6 is 47.1 Å². The molecular formula is C48H47IO12P4. The summed E-state index contributed by atoms with van der Waals surface area (Å²) >= 11 is -1.94. The number of benzene rings is 6. The van der Waals surface area contributed by atoms with Crippen molar-refractivity contribution < 1.29 is 54.7 Å². The first-order chi connectivity index (χ1) is 31.0. The number of hydrogen-bond acceptors (Lipinski definition) is 12. The second-order valence-corrected chi connectivity index (χ2v) is 37.9. The summed E-state index contributed by atoms with van der Waals surface area (Å²) in [6.45, 7) is 5.83. The first kappa shape index (κ1) is 44.8. The van der Waals surface area contributed by atoms with Crippen molar-refractivity contribution in [2.45, 2.75) is 31.3 Å². The molecule has 65 heavy (non-hydrogen) atoms. The SMILES string of the molecule is CI(C)P1(=O)OCC2(COP(=O)(Oc3ccc(C(c4ccc(OC(C)(C)C)cc4)(P4(=O)Oc5ccccc5-c5ccccc54)P4(=O)Oc5ccccc5-c5ccccc54)cc3)OC2)CO1. The predicted molar refractivity (Wildman–Crippen MR) is 261 cm³/mol. The van der Waals surface area contributed by atoms with E-state index in [0.29, 0.717) is 50.1 Å². The van der Waals surface area contributed by atoms with Gasteiger partial charge in [-0.05, 0) is 73.9 Å². The monoisotopic (exact) mass is 1070 g/mol. The molecule has 4 aliphatic rings. The van der Waals surface area contributed by atoms with Gasteiger partial charge in [0.05, 0.1) is 10.6 Å². The molecule has 0 amide bonds. The third-order valence-corrected chi connectivity index (χ3v) is 30.8. The first-order valence-electron chi connectivity index (χ1n) is 20.9. The molecule has 4 heterocycles. The van der Waals surface area contributed by atoms with Crippen molar-refractivity contribution in [3.63, 3.8) is 0 Å². The molecule has 6 aromatic carbocycles. The summed E-state index contributed by atoms with van der Waals surface area (Å²) in [5.74, 6) is 1.36. The molecule has 0 aromatic heterocycles. The first-order valence-corrected chi connectivity index (χ1v) is 34.2. The van der Waals surface area contributed by atoms with Crippen molar-refractivity contribution >= 4 is 57.7 Å². The zero-order chi connectivity index (χ0) is 45.5. The molecule has 12 nitrogen and oxygen atoms in total. The molecule has 6 aromatic rings. The van der Waals surface area contributed by atoms with Gasteiger partial charge in [0.1, 0.15) is 22.8 Å². The van der Waals surface area contributed by atoms with E-state index >= 15 is 9.13 Å². The van der Waals surface area contributed by atoms with Gasteiger partial charge in [-0.2, -0.15) is 0 Å². The normalized spacial score (nSPS) is 27.9. The van der Waals surface area contributed by atoms with Gasteiger partial charge in [0.15, 0.2) is 0 Å². The van der Waals surface area contributed by atoms with Crippen LogP contribution in [0.3, 0.4) is 0 Å². The Kier molecular flexibility index (Phi) is 11.3. The van der Waals surface area contributed by atoms with Gasteiger partial charge in [-0.15, -0.1) is 0 Å². The average molecular weight is 1070 g/mol. The Balaban J connectivity index is 1.15. The Bertz CT molecular complexity index is 2890. The third-order valence-electron chi connectivity index (χ3n) is 11.8. The van der Waals surface area contributed by atoms with Crippen LogP contribution in [0.2, 0.25) is 0 Å². The fraction of sp³-hybridized carbons (Fsp3) is 0.250. The maximum absolute atomic E-state index is 17.4. The van der Waals surface area contributed by atoms with Crippen molar-refractivity contribution in [2.24, 2.45) is 5.41 Å².